The Kier molecular flexibility index (Phi) is 4.68. The highest BCUT2D eigenvalue weighted by atomic mass is 15.1. The Bertz CT molecular complexity index is 241. The number of hydrogen-bond acceptors (Lipinski definition) is 1. The van der Waals surface area contributed by atoms with Crippen molar-refractivity contribution < 1.29 is 0 Å². The van der Waals surface area contributed by atoms with Gasteiger partial charge in [-0.05, 0) is 45.8 Å². The maximum absolute atomic E-state index is 2.39. The van der Waals surface area contributed by atoms with Gasteiger partial charge >= 0.3 is 0 Å². The van der Waals surface area contributed by atoms with Crippen LogP contribution in [0.15, 0.2) is 30.3 Å². The Labute approximate surface area is 87.7 Å². The number of rotatable bonds is 5. The van der Waals surface area contributed by atoms with Gasteiger partial charge in [0.2, 0.25) is 0 Å². The first-order valence-electron chi connectivity index (χ1n) is 5.44. The topological polar surface area (TPSA) is 3.24 Å². The molecule has 14 heavy (non-hydrogen) atoms. The molecule has 78 valence electrons. The molecule has 0 spiro atoms. The van der Waals surface area contributed by atoms with Crippen LogP contribution in [0.2, 0.25) is 0 Å². The molecule has 0 aliphatic rings. The van der Waals surface area contributed by atoms with E-state index in [0.717, 1.165) is 0 Å². The van der Waals surface area contributed by atoms with E-state index in [1.54, 1.807) is 0 Å². The zero-order chi connectivity index (χ0) is 10.4. The lowest BCUT2D eigenvalue weighted by atomic mass is 10.1. The molecule has 0 saturated heterocycles. The highest BCUT2D eigenvalue weighted by molar-refractivity contribution is 5.14. The molecule has 0 heterocycles. The third kappa shape index (κ3) is 3.93. The summed E-state index contributed by atoms with van der Waals surface area (Å²) < 4.78 is 0. The quantitative estimate of drug-likeness (QED) is 0.691. The molecule has 1 rings (SSSR count). The van der Waals surface area contributed by atoms with Crippen LogP contribution in [0.5, 0.6) is 0 Å². The van der Waals surface area contributed by atoms with Gasteiger partial charge in [-0.1, -0.05) is 30.3 Å². The maximum atomic E-state index is 2.39. The molecule has 0 unspecified atom stereocenters. The second-order valence-corrected chi connectivity index (χ2v) is 4.16. The lowest BCUT2D eigenvalue weighted by Crippen LogP contribution is -2.27. The van der Waals surface area contributed by atoms with Gasteiger partial charge in [-0.25, -0.2) is 0 Å². The first kappa shape index (κ1) is 11.3. The highest BCUT2D eigenvalue weighted by Gasteiger charge is 2.01. The van der Waals surface area contributed by atoms with E-state index in [1.165, 1.54) is 24.9 Å². The van der Waals surface area contributed by atoms with E-state index in [1.807, 2.05) is 0 Å². The third-order valence-electron chi connectivity index (χ3n) is 2.70. The first-order valence-corrected chi connectivity index (χ1v) is 5.44. The molecule has 0 aliphatic heterocycles. The summed E-state index contributed by atoms with van der Waals surface area (Å²) in [5, 5.41) is 0. The van der Waals surface area contributed by atoms with Gasteiger partial charge in [0.15, 0.2) is 0 Å². The van der Waals surface area contributed by atoms with Crippen LogP contribution in [-0.4, -0.2) is 24.5 Å². The van der Waals surface area contributed by atoms with Crippen molar-refractivity contribution in [3.63, 3.8) is 0 Å². The van der Waals surface area contributed by atoms with Crippen LogP contribution in [0, 0.1) is 0 Å². The zero-order valence-corrected chi connectivity index (χ0v) is 9.53. The summed E-state index contributed by atoms with van der Waals surface area (Å²) in [6.07, 6.45) is 2.44. The van der Waals surface area contributed by atoms with E-state index in [-0.39, 0.29) is 0 Å². The van der Waals surface area contributed by atoms with Crippen molar-refractivity contribution in [1.29, 1.82) is 0 Å². The average molecular weight is 191 g/mol. The molecular weight excluding hydrogens is 170 g/mol. The van der Waals surface area contributed by atoms with Crippen LogP contribution in [0.25, 0.3) is 0 Å². The molecule has 1 heteroatoms. The maximum Gasteiger partial charge on any atom is 0.00355 e. The zero-order valence-electron chi connectivity index (χ0n) is 9.53. The van der Waals surface area contributed by atoms with Gasteiger partial charge in [-0.15, -0.1) is 0 Å². The molecule has 0 saturated carbocycles. The third-order valence-corrected chi connectivity index (χ3v) is 2.70. The summed E-state index contributed by atoms with van der Waals surface area (Å²) in [6, 6.07) is 11.4. The summed E-state index contributed by atoms with van der Waals surface area (Å²) in [6.45, 7) is 5.66. The van der Waals surface area contributed by atoms with Gasteiger partial charge in [-0.2, -0.15) is 0 Å². The van der Waals surface area contributed by atoms with Crippen LogP contribution in [-0.2, 0) is 6.42 Å². The van der Waals surface area contributed by atoms with Gasteiger partial charge in [0.05, 0.1) is 0 Å². The molecule has 0 fully saturated rings. The number of hydrogen-bond donors (Lipinski definition) is 0. The minimum Gasteiger partial charge on any atom is -0.304 e. The molecule has 0 bridgehead atoms. The normalized spacial score (nSPS) is 11.2. The van der Waals surface area contributed by atoms with Gasteiger partial charge in [-0.3, -0.25) is 0 Å². The van der Waals surface area contributed by atoms with E-state index in [4.69, 9.17) is 0 Å². The van der Waals surface area contributed by atoms with Crippen molar-refractivity contribution in [1.82, 2.24) is 4.90 Å². The van der Waals surface area contributed by atoms with Gasteiger partial charge in [0, 0.05) is 6.04 Å². The van der Waals surface area contributed by atoms with Crippen molar-refractivity contribution in [2.45, 2.75) is 32.7 Å². The molecule has 1 aromatic rings. The predicted octanol–water partition coefficient (Wildman–Crippen LogP) is 2.96. The summed E-state index contributed by atoms with van der Waals surface area (Å²) in [4.78, 5) is 2.39. The lowest BCUT2D eigenvalue weighted by Gasteiger charge is -2.20. The van der Waals surface area contributed by atoms with Crippen molar-refractivity contribution in [2.75, 3.05) is 13.6 Å². The number of benzene rings is 1. The van der Waals surface area contributed by atoms with Crippen LogP contribution < -0.4 is 0 Å². The summed E-state index contributed by atoms with van der Waals surface area (Å²) in [5.41, 5.74) is 1.45. The van der Waals surface area contributed by atoms with E-state index >= 15 is 0 Å². The van der Waals surface area contributed by atoms with Gasteiger partial charge in [0.25, 0.3) is 0 Å². The van der Waals surface area contributed by atoms with Crippen molar-refractivity contribution in [2.24, 2.45) is 0 Å². The average Bonchev–Trinajstić information content (AvgIpc) is 2.19. The SMILES string of the molecule is CC(C)N(C)CCCc1ccccc1. The van der Waals surface area contributed by atoms with Crippen molar-refractivity contribution >= 4 is 0 Å². The standard InChI is InChI=1S/C13H21N/c1-12(2)14(3)11-7-10-13-8-5-4-6-9-13/h4-6,8-9,12H,7,10-11H2,1-3H3. The van der Waals surface area contributed by atoms with E-state index in [0.29, 0.717) is 6.04 Å². The van der Waals surface area contributed by atoms with Gasteiger partial charge < -0.3 is 4.90 Å². The smallest absolute Gasteiger partial charge is 0.00355 e. The molecule has 0 aromatic heterocycles. The molecule has 0 radical (unpaired) electrons. The lowest BCUT2D eigenvalue weighted by molar-refractivity contribution is 0.271. The van der Waals surface area contributed by atoms with Crippen LogP contribution in [0.4, 0.5) is 0 Å². The second-order valence-electron chi connectivity index (χ2n) is 4.16. The number of nitrogens with zero attached hydrogens (tertiary/aromatic N) is 1. The predicted molar refractivity (Wildman–Crippen MR) is 62.5 cm³/mol. The fourth-order valence-electron chi connectivity index (χ4n) is 1.44. The molecule has 0 N–H and O–H groups in total. The van der Waals surface area contributed by atoms with Crippen molar-refractivity contribution in [3.05, 3.63) is 35.9 Å². The molecule has 0 atom stereocenters. The summed E-state index contributed by atoms with van der Waals surface area (Å²) in [5.74, 6) is 0. The largest absolute Gasteiger partial charge is 0.304 e. The number of aryl methyl sites for hydroxylation is 1. The molecule has 1 nitrogen and oxygen atoms in total. The van der Waals surface area contributed by atoms with E-state index in [2.05, 4.69) is 56.1 Å². The highest BCUT2D eigenvalue weighted by Crippen LogP contribution is 2.04. The minimum absolute atomic E-state index is 0.658. The van der Waals surface area contributed by atoms with Crippen LogP contribution in [0.1, 0.15) is 25.8 Å². The van der Waals surface area contributed by atoms with Gasteiger partial charge in [0.1, 0.15) is 0 Å². The fraction of sp³-hybridized carbons (Fsp3) is 0.538. The van der Waals surface area contributed by atoms with Crippen LogP contribution >= 0.6 is 0 Å². The first-order chi connectivity index (χ1) is 6.70. The Balaban J connectivity index is 2.22. The van der Waals surface area contributed by atoms with E-state index in [9.17, 15) is 0 Å². The minimum atomic E-state index is 0.658. The molecule has 0 amide bonds. The molecule has 0 aliphatic carbocycles. The van der Waals surface area contributed by atoms with Crippen LogP contribution in [0.3, 0.4) is 0 Å². The summed E-state index contributed by atoms with van der Waals surface area (Å²) in [7, 11) is 2.19. The second kappa shape index (κ2) is 5.82. The monoisotopic (exact) mass is 191 g/mol. The van der Waals surface area contributed by atoms with E-state index < -0.39 is 0 Å². The van der Waals surface area contributed by atoms with Crippen molar-refractivity contribution in [3.8, 4) is 0 Å². The fourth-order valence-corrected chi connectivity index (χ4v) is 1.44. The Hall–Kier alpha value is -0.820. The summed E-state index contributed by atoms with van der Waals surface area (Å²) >= 11 is 0. The Morgan fingerprint density at radius 3 is 2.36 bits per heavy atom. The molecule has 1 aromatic carbocycles. The Morgan fingerprint density at radius 2 is 1.79 bits per heavy atom. The molecular formula is C13H21N. The Morgan fingerprint density at radius 1 is 1.14 bits per heavy atom.